The second-order valence-corrected chi connectivity index (χ2v) is 7.75. The van der Waals surface area contributed by atoms with Gasteiger partial charge in [0.2, 0.25) is 0 Å². The summed E-state index contributed by atoms with van der Waals surface area (Å²) in [5, 5.41) is 3.86. The van der Waals surface area contributed by atoms with Crippen molar-refractivity contribution in [2.45, 2.75) is 82.7 Å². The molecule has 0 amide bonds. The van der Waals surface area contributed by atoms with E-state index >= 15 is 0 Å². The first-order chi connectivity index (χ1) is 11.9. The van der Waals surface area contributed by atoms with Crippen molar-refractivity contribution in [1.82, 2.24) is 5.32 Å². The Labute approximate surface area is 146 Å². The zero-order valence-electron chi connectivity index (χ0n) is 14.8. The minimum atomic E-state index is 0.526. The van der Waals surface area contributed by atoms with Gasteiger partial charge in [-0.25, -0.2) is 4.99 Å². The Morgan fingerprint density at radius 2 is 1.62 bits per heavy atom. The van der Waals surface area contributed by atoms with Gasteiger partial charge in [-0.2, -0.15) is 0 Å². The van der Waals surface area contributed by atoms with E-state index in [1.165, 1.54) is 81.4 Å². The van der Waals surface area contributed by atoms with Gasteiger partial charge >= 0.3 is 0 Å². The lowest BCUT2D eigenvalue weighted by Crippen LogP contribution is -2.47. The maximum Gasteiger partial charge on any atom is 0.199 e. The molecule has 3 aliphatic rings. The van der Waals surface area contributed by atoms with Crippen LogP contribution in [0, 0.1) is 0 Å². The van der Waals surface area contributed by atoms with Gasteiger partial charge in [-0.05, 0) is 43.7 Å². The van der Waals surface area contributed by atoms with Crippen molar-refractivity contribution in [1.29, 1.82) is 0 Å². The van der Waals surface area contributed by atoms with E-state index in [0.29, 0.717) is 12.1 Å². The third-order valence-corrected chi connectivity index (χ3v) is 5.96. The number of benzene rings is 1. The van der Waals surface area contributed by atoms with E-state index in [9.17, 15) is 0 Å². The lowest BCUT2D eigenvalue weighted by atomic mass is 9.95. The maximum absolute atomic E-state index is 5.24. The Bertz CT molecular complexity index is 568. The highest BCUT2D eigenvalue weighted by molar-refractivity contribution is 5.98. The fourth-order valence-electron chi connectivity index (χ4n) is 4.56. The summed E-state index contributed by atoms with van der Waals surface area (Å²) in [4.78, 5) is 7.70. The van der Waals surface area contributed by atoms with Crippen LogP contribution in [-0.2, 0) is 6.42 Å². The molecule has 130 valence electrons. The van der Waals surface area contributed by atoms with Gasteiger partial charge in [0.15, 0.2) is 5.96 Å². The Balaban J connectivity index is 1.56. The molecule has 0 saturated heterocycles. The quantitative estimate of drug-likeness (QED) is 0.632. The van der Waals surface area contributed by atoms with Gasteiger partial charge in [0, 0.05) is 18.3 Å². The van der Waals surface area contributed by atoms with Crippen molar-refractivity contribution in [3.05, 3.63) is 29.8 Å². The van der Waals surface area contributed by atoms with Crippen LogP contribution in [0.5, 0.6) is 0 Å². The van der Waals surface area contributed by atoms with E-state index in [4.69, 9.17) is 4.99 Å². The van der Waals surface area contributed by atoms with Crippen molar-refractivity contribution in [2.24, 2.45) is 4.99 Å². The summed E-state index contributed by atoms with van der Waals surface area (Å²) in [7, 11) is 0. The number of nitrogens with one attached hydrogen (secondary N) is 1. The molecule has 0 spiro atoms. The molecule has 2 fully saturated rings. The number of nitrogens with zero attached hydrogens (tertiary/aromatic N) is 2. The molecule has 24 heavy (non-hydrogen) atoms. The molecule has 0 radical (unpaired) electrons. The molecule has 2 aliphatic carbocycles. The number of rotatable bonds is 2. The van der Waals surface area contributed by atoms with Crippen molar-refractivity contribution < 1.29 is 0 Å². The Morgan fingerprint density at radius 3 is 2.42 bits per heavy atom. The van der Waals surface area contributed by atoms with Crippen LogP contribution in [0.3, 0.4) is 0 Å². The van der Waals surface area contributed by atoms with Crippen LogP contribution >= 0.6 is 0 Å². The normalized spacial score (nSPS) is 23.3. The SMILES string of the molecule is c1ccc2c(c1)CCN2C(=NC1CCCCC1)NC1CCCCC1. The predicted molar refractivity (Wildman–Crippen MR) is 102 cm³/mol. The van der Waals surface area contributed by atoms with Gasteiger partial charge in [0.25, 0.3) is 0 Å². The highest BCUT2D eigenvalue weighted by Crippen LogP contribution is 2.29. The molecule has 0 unspecified atom stereocenters. The number of guanidine groups is 1. The summed E-state index contributed by atoms with van der Waals surface area (Å²) in [6.45, 7) is 1.07. The zero-order valence-corrected chi connectivity index (χ0v) is 14.8. The van der Waals surface area contributed by atoms with Crippen molar-refractivity contribution in [3.8, 4) is 0 Å². The summed E-state index contributed by atoms with van der Waals surface area (Å²) in [5.74, 6) is 1.17. The second kappa shape index (κ2) is 7.58. The molecule has 3 heteroatoms. The third-order valence-electron chi connectivity index (χ3n) is 5.96. The summed E-state index contributed by atoms with van der Waals surface area (Å²) in [5.41, 5.74) is 2.84. The van der Waals surface area contributed by atoms with Crippen molar-refractivity contribution in [3.63, 3.8) is 0 Å². The number of anilines is 1. The number of hydrogen-bond acceptors (Lipinski definition) is 1. The number of hydrogen-bond donors (Lipinski definition) is 1. The molecular weight excluding hydrogens is 294 g/mol. The minimum Gasteiger partial charge on any atom is -0.353 e. The van der Waals surface area contributed by atoms with Crippen LogP contribution in [0.2, 0.25) is 0 Å². The van der Waals surface area contributed by atoms with Crippen molar-refractivity contribution >= 4 is 11.6 Å². The van der Waals surface area contributed by atoms with E-state index in [2.05, 4.69) is 34.5 Å². The highest BCUT2D eigenvalue weighted by Gasteiger charge is 2.26. The maximum atomic E-state index is 5.24. The van der Waals surface area contributed by atoms with Gasteiger partial charge in [-0.3, -0.25) is 0 Å². The Morgan fingerprint density at radius 1 is 0.917 bits per heavy atom. The summed E-state index contributed by atoms with van der Waals surface area (Å²) in [6, 6.07) is 10.0. The van der Waals surface area contributed by atoms with Crippen LogP contribution < -0.4 is 10.2 Å². The van der Waals surface area contributed by atoms with Crippen LogP contribution in [0.25, 0.3) is 0 Å². The molecule has 3 nitrogen and oxygen atoms in total. The molecule has 2 saturated carbocycles. The fraction of sp³-hybridized carbons (Fsp3) is 0.667. The molecule has 1 aromatic carbocycles. The lowest BCUT2D eigenvalue weighted by molar-refractivity contribution is 0.406. The molecule has 1 heterocycles. The first-order valence-electron chi connectivity index (χ1n) is 10.1. The monoisotopic (exact) mass is 325 g/mol. The largest absolute Gasteiger partial charge is 0.353 e. The Kier molecular flexibility index (Phi) is 5.05. The smallest absolute Gasteiger partial charge is 0.199 e. The highest BCUT2D eigenvalue weighted by atomic mass is 15.3. The van der Waals surface area contributed by atoms with Crippen LogP contribution in [0.15, 0.2) is 29.3 Å². The lowest BCUT2D eigenvalue weighted by Gasteiger charge is -2.31. The Hall–Kier alpha value is -1.51. The van der Waals surface area contributed by atoms with Gasteiger partial charge < -0.3 is 10.2 Å². The predicted octanol–water partition coefficient (Wildman–Crippen LogP) is 4.66. The van der Waals surface area contributed by atoms with Crippen LogP contribution in [-0.4, -0.2) is 24.6 Å². The molecule has 1 aromatic rings. The zero-order chi connectivity index (χ0) is 16.2. The van der Waals surface area contributed by atoms with E-state index < -0.39 is 0 Å². The van der Waals surface area contributed by atoms with Gasteiger partial charge in [-0.15, -0.1) is 0 Å². The number of aliphatic imine (C=N–C) groups is 1. The van der Waals surface area contributed by atoms with Crippen LogP contribution in [0.1, 0.15) is 69.8 Å². The third kappa shape index (κ3) is 3.60. The molecule has 1 aliphatic heterocycles. The van der Waals surface area contributed by atoms with Gasteiger partial charge in [0.1, 0.15) is 0 Å². The standard InChI is InChI=1S/C21H31N3/c1-3-10-18(11-4-1)22-21(23-19-12-5-2-6-13-19)24-16-15-17-9-7-8-14-20(17)24/h7-9,14,18-19H,1-6,10-13,15-16H2,(H,22,23). The van der Waals surface area contributed by atoms with Gasteiger partial charge in [-0.1, -0.05) is 56.7 Å². The average molecular weight is 326 g/mol. The first-order valence-corrected chi connectivity index (χ1v) is 10.1. The van der Waals surface area contributed by atoms with E-state index in [1.54, 1.807) is 0 Å². The summed E-state index contributed by atoms with van der Waals surface area (Å²) < 4.78 is 0. The van der Waals surface area contributed by atoms with Gasteiger partial charge in [0.05, 0.1) is 6.04 Å². The second-order valence-electron chi connectivity index (χ2n) is 7.75. The minimum absolute atomic E-state index is 0.526. The summed E-state index contributed by atoms with van der Waals surface area (Å²) in [6.07, 6.45) is 14.5. The first kappa shape index (κ1) is 16.0. The van der Waals surface area contributed by atoms with E-state index in [1.807, 2.05) is 0 Å². The fourth-order valence-corrected chi connectivity index (χ4v) is 4.56. The topological polar surface area (TPSA) is 27.6 Å². The molecule has 4 rings (SSSR count). The van der Waals surface area contributed by atoms with E-state index in [0.717, 1.165) is 13.0 Å². The van der Waals surface area contributed by atoms with Crippen LogP contribution in [0.4, 0.5) is 5.69 Å². The van der Waals surface area contributed by atoms with E-state index in [-0.39, 0.29) is 0 Å². The number of fused-ring (bicyclic) bond motifs is 1. The molecule has 0 aromatic heterocycles. The summed E-state index contributed by atoms with van der Waals surface area (Å²) >= 11 is 0. The average Bonchev–Trinajstić information content (AvgIpc) is 3.07. The molecular formula is C21H31N3. The number of para-hydroxylation sites is 1. The van der Waals surface area contributed by atoms with Crippen molar-refractivity contribution in [2.75, 3.05) is 11.4 Å². The molecule has 0 atom stereocenters. The molecule has 1 N–H and O–H groups in total. The molecule has 0 bridgehead atoms.